The zero-order valence-electron chi connectivity index (χ0n) is 15.7. The summed E-state index contributed by atoms with van der Waals surface area (Å²) >= 11 is 0. The molecule has 0 spiro atoms. The van der Waals surface area contributed by atoms with E-state index < -0.39 is 6.09 Å². The van der Waals surface area contributed by atoms with Crippen LogP contribution in [0.15, 0.2) is 47.1 Å². The van der Waals surface area contributed by atoms with Gasteiger partial charge < -0.3 is 15.6 Å². The summed E-state index contributed by atoms with van der Waals surface area (Å²) in [6.07, 6.45) is 3.02. The first-order valence-corrected chi connectivity index (χ1v) is 8.95. The summed E-state index contributed by atoms with van der Waals surface area (Å²) in [6.45, 7) is 6.00. The number of amides is 1. The molecule has 142 valence electrons. The van der Waals surface area contributed by atoms with Crippen LogP contribution in [0.1, 0.15) is 45.6 Å². The van der Waals surface area contributed by atoms with Crippen molar-refractivity contribution in [1.29, 1.82) is 0 Å². The second-order valence-corrected chi connectivity index (χ2v) is 7.66. The van der Waals surface area contributed by atoms with Gasteiger partial charge in [-0.25, -0.2) is 4.79 Å². The van der Waals surface area contributed by atoms with Gasteiger partial charge in [0.15, 0.2) is 0 Å². The number of hydrogen-bond acceptors (Lipinski definition) is 5. The Bertz CT molecular complexity index is 663. The lowest BCUT2D eigenvalue weighted by Crippen LogP contribution is -2.33. The zero-order valence-corrected chi connectivity index (χ0v) is 15.7. The van der Waals surface area contributed by atoms with Gasteiger partial charge in [0.2, 0.25) is 0 Å². The first kappa shape index (κ1) is 20.0. The van der Waals surface area contributed by atoms with Gasteiger partial charge in [-0.15, -0.1) is 0 Å². The minimum absolute atomic E-state index is 0.109. The number of aliphatic hydroxyl groups is 1. The molecule has 26 heavy (non-hydrogen) atoms. The van der Waals surface area contributed by atoms with E-state index in [1.807, 2.05) is 51.1 Å². The number of benzene rings is 1. The molecule has 0 unspecified atom stereocenters. The Morgan fingerprint density at radius 3 is 2.62 bits per heavy atom. The number of aliphatic imine (C=N–C) groups is 1. The van der Waals surface area contributed by atoms with E-state index in [-0.39, 0.29) is 24.2 Å². The van der Waals surface area contributed by atoms with Crippen LogP contribution in [0.5, 0.6) is 0 Å². The van der Waals surface area contributed by atoms with Crippen LogP contribution in [0.4, 0.5) is 4.79 Å². The van der Waals surface area contributed by atoms with Gasteiger partial charge >= 0.3 is 6.09 Å². The van der Waals surface area contributed by atoms with Crippen molar-refractivity contribution in [3.8, 4) is 0 Å². The Morgan fingerprint density at radius 2 is 2.04 bits per heavy atom. The van der Waals surface area contributed by atoms with Crippen molar-refractivity contribution in [1.82, 2.24) is 5.32 Å². The molecule has 6 nitrogen and oxygen atoms in total. The monoisotopic (exact) mass is 359 g/mol. The molecule has 0 saturated heterocycles. The van der Waals surface area contributed by atoms with Crippen molar-refractivity contribution in [2.24, 2.45) is 16.6 Å². The van der Waals surface area contributed by atoms with Gasteiger partial charge in [0.25, 0.3) is 0 Å². The van der Waals surface area contributed by atoms with E-state index in [1.165, 1.54) is 0 Å². The number of amidine groups is 1. The van der Waals surface area contributed by atoms with E-state index in [0.29, 0.717) is 18.0 Å². The number of hydrogen-bond donors (Lipinski definition) is 3. The minimum atomic E-state index is -0.577. The van der Waals surface area contributed by atoms with Crippen LogP contribution in [-0.2, 0) is 11.3 Å². The lowest BCUT2D eigenvalue weighted by Gasteiger charge is -2.17. The molecule has 4 N–H and O–H groups in total. The van der Waals surface area contributed by atoms with Gasteiger partial charge in [0.1, 0.15) is 12.4 Å². The van der Waals surface area contributed by atoms with Gasteiger partial charge in [-0.05, 0) is 51.7 Å². The predicted molar refractivity (Wildman–Crippen MR) is 103 cm³/mol. The number of rotatable bonds is 4. The Morgan fingerprint density at radius 1 is 1.35 bits per heavy atom. The summed E-state index contributed by atoms with van der Waals surface area (Å²) in [7, 11) is 0. The molecule has 1 saturated carbocycles. The van der Waals surface area contributed by atoms with Gasteiger partial charge in [-0.2, -0.15) is 0 Å². The molecular weight excluding hydrogens is 330 g/mol. The molecule has 0 radical (unpaired) electrons. The van der Waals surface area contributed by atoms with Crippen molar-refractivity contribution < 1.29 is 14.6 Å². The van der Waals surface area contributed by atoms with Crippen LogP contribution in [0.3, 0.4) is 0 Å². The number of carbonyl (C=O) groups excluding carboxylic acids is 1. The number of aliphatic hydroxyl groups excluding tert-OH is 1. The third-order valence-electron chi connectivity index (χ3n) is 4.08. The van der Waals surface area contributed by atoms with Gasteiger partial charge in [-0.3, -0.25) is 10.3 Å². The highest BCUT2D eigenvalue weighted by Gasteiger charge is 2.25. The second kappa shape index (κ2) is 8.85. The molecule has 2 rings (SSSR count). The number of nitrogens with two attached hydrogens (primary N) is 1. The summed E-state index contributed by atoms with van der Waals surface area (Å²) in [5.41, 5.74) is 7.33. The fourth-order valence-corrected chi connectivity index (χ4v) is 2.86. The highest BCUT2D eigenvalue weighted by atomic mass is 16.5. The van der Waals surface area contributed by atoms with Crippen LogP contribution in [0.2, 0.25) is 0 Å². The average Bonchev–Trinajstić information content (AvgIpc) is 2.99. The zero-order chi connectivity index (χ0) is 19.2. The standard InChI is InChI=1S/C20H29N3O3/c1-20(2,3)23-18(12-17(21)15-9-10-16(24)11-15)22-19(25)26-13-14-7-5-4-6-8-14/h4-8,12,15-16,24H,9-11,13,21H2,1-3H3,(H,22,23,25)/b17-12-/t15-,16+/m0/s1. The van der Waals surface area contributed by atoms with Crippen molar-refractivity contribution >= 4 is 11.9 Å². The van der Waals surface area contributed by atoms with Gasteiger partial charge in [0.05, 0.1) is 11.6 Å². The molecule has 1 amide bonds. The maximum Gasteiger partial charge on any atom is 0.413 e. The van der Waals surface area contributed by atoms with Crippen LogP contribution in [0.25, 0.3) is 0 Å². The Hall–Kier alpha value is -2.34. The fraction of sp³-hybridized carbons (Fsp3) is 0.500. The average molecular weight is 359 g/mol. The van der Waals surface area contributed by atoms with E-state index in [4.69, 9.17) is 10.5 Å². The van der Waals surface area contributed by atoms with E-state index in [9.17, 15) is 9.90 Å². The summed E-state index contributed by atoms with van der Waals surface area (Å²) in [5, 5.41) is 12.4. The van der Waals surface area contributed by atoms with Crippen LogP contribution in [0, 0.1) is 5.92 Å². The molecule has 6 heteroatoms. The van der Waals surface area contributed by atoms with E-state index in [1.54, 1.807) is 6.08 Å². The summed E-state index contributed by atoms with van der Waals surface area (Å²) in [6, 6.07) is 9.47. The lowest BCUT2D eigenvalue weighted by atomic mass is 10.0. The number of nitrogens with one attached hydrogen (secondary N) is 1. The summed E-state index contributed by atoms with van der Waals surface area (Å²) < 4.78 is 5.26. The second-order valence-electron chi connectivity index (χ2n) is 7.66. The van der Waals surface area contributed by atoms with Gasteiger partial charge in [-0.1, -0.05) is 30.3 Å². The number of allylic oxidation sites excluding steroid dienone is 1. The molecule has 0 bridgehead atoms. The molecule has 1 aliphatic carbocycles. The Balaban J connectivity index is 2.02. The topological polar surface area (TPSA) is 96.9 Å². The molecule has 0 heterocycles. The molecule has 2 atom stereocenters. The van der Waals surface area contributed by atoms with Crippen LogP contribution in [-0.4, -0.2) is 28.7 Å². The van der Waals surface area contributed by atoms with Crippen molar-refractivity contribution in [2.45, 2.75) is 58.3 Å². The van der Waals surface area contributed by atoms with Gasteiger partial charge in [0, 0.05) is 11.6 Å². The normalized spacial score (nSPS) is 21.5. The molecular formula is C20H29N3O3. The van der Waals surface area contributed by atoms with E-state index >= 15 is 0 Å². The van der Waals surface area contributed by atoms with Crippen LogP contribution < -0.4 is 11.1 Å². The molecule has 1 aliphatic rings. The fourth-order valence-electron chi connectivity index (χ4n) is 2.86. The molecule has 1 aromatic carbocycles. The maximum absolute atomic E-state index is 12.1. The van der Waals surface area contributed by atoms with Crippen molar-refractivity contribution in [2.75, 3.05) is 0 Å². The first-order valence-electron chi connectivity index (χ1n) is 8.95. The quantitative estimate of drug-likeness (QED) is 0.568. The molecule has 0 aliphatic heterocycles. The summed E-state index contributed by atoms with van der Waals surface area (Å²) in [4.78, 5) is 16.7. The van der Waals surface area contributed by atoms with Crippen molar-refractivity contribution in [3.63, 3.8) is 0 Å². The highest BCUT2D eigenvalue weighted by molar-refractivity contribution is 6.02. The maximum atomic E-state index is 12.1. The number of nitrogens with zero attached hydrogens (tertiary/aromatic N) is 1. The van der Waals surface area contributed by atoms with E-state index in [0.717, 1.165) is 18.4 Å². The minimum Gasteiger partial charge on any atom is -0.444 e. The largest absolute Gasteiger partial charge is 0.444 e. The number of carbonyl (C=O) groups is 1. The smallest absolute Gasteiger partial charge is 0.413 e. The third kappa shape index (κ3) is 6.88. The number of ether oxygens (including phenoxy) is 1. The first-order chi connectivity index (χ1) is 12.2. The third-order valence-corrected chi connectivity index (χ3v) is 4.08. The number of alkyl carbamates (subject to hydrolysis) is 1. The van der Waals surface area contributed by atoms with Crippen molar-refractivity contribution in [3.05, 3.63) is 47.7 Å². The van der Waals surface area contributed by atoms with Crippen LogP contribution >= 0.6 is 0 Å². The molecule has 1 fully saturated rings. The Kier molecular flexibility index (Phi) is 6.80. The Labute approximate surface area is 155 Å². The molecule has 0 aromatic heterocycles. The SMILES string of the molecule is CC(C)(C)N=C(/C=C(\N)[C@H]1CC[C@@H](O)C1)NC(=O)OCc1ccccc1. The lowest BCUT2D eigenvalue weighted by molar-refractivity contribution is 0.145. The highest BCUT2D eigenvalue weighted by Crippen LogP contribution is 2.29. The van der Waals surface area contributed by atoms with E-state index in [2.05, 4.69) is 10.3 Å². The summed E-state index contributed by atoms with van der Waals surface area (Å²) in [5.74, 6) is 0.478. The predicted octanol–water partition coefficient (Wildman–Crippen LogP) is 3.11. The molecule has 1 aromatic rings.